The number of carboxylic acids is 1. The molecule has 1 atom stereocenters. The molecule has 13 heteroatoms. The Labute approximate surface area is 201 Å². The third kappa shape index (κ3) is 6.51. The van der Waals surface area contributed by atoms with Crippen LogP contribution in [-0.2, 0) is 14.9 Å². The molecule has 1 aliphatic heterocycles. The number of phenols is 1. The van der Waals surface area contributed by atoms with E-state index < -0.39 is 38.2 Å². The predicted molar refractivity (Wildman–Crippen MR) is 127 cm³/mol. The van der Waals surface area contributed by atoms with Gasteiger partial charge in [-0.1, -0.05) is 0 Å². The van der Waals surface area contributed by atoms with Crippen LogP contribution in [0.3, 0.4) is 0 Å². The molecule has 0 amide bonds. The Morgan fingerprint density at radius 2 is 1.89 bits per heavy atom. The van der Waals surface area contributed by atoms with Crippen molar-refractivity contribution in [1.29, 1.82) is 0 Å². The number of benzene rings is 2. The van der Waals surface area contributed by atoms with E-state index in [0.29, 0.717) is 36.3 Å². The summed E-state index contributed by atoms with van der Waals surface area (Å²) in [5.74, 6) is -2.31. The molecule has 3 N–H and O–H groups in total. The Morgan fingerprint density at radius 3 is 2.46 bits per heavy atom. The van der Waals surface area contributed by atoms with Gasteiger partial charge in [-0.25, -0.2) is 0 Å². The van der Waals surface area contributed by atoms with Crippen LogP contribution in [0.4, 0.5) is 22.7 Å². The minimum atomic E-state index is -4.32. The van der Waals surface area contributed by atoms with Gasteiger partial charge in [0.1, 0.15) is 11.4 Å². The van der Waals surface area contributed by atoms with E-state index in [2.05, 4.69) is 10.2 Å². The Hall–Kier alpha value is -3.58. The number of nitrogens with zero attached hydrogens (tertiary/aromatic N) is 4. The smallest absolute Gasteiger partial charge is 0.303 e. The van der Waals surface area contributed by atoms with Gasteiger partial charge in [-0.05, 0) is 50.5 Å². The Bertz CT molecular complexity index is 1260. The molecule has 3 rings (SSSR count). The number of rotatable bonds is 9. The average molecular weight is 507 g/mol. The van der Waals surface area contributed by atoms with Crippen LogP contribution in [-0.4, -0.2) is 51.9 Å². The van der Waals surface area contributed by atoms with Gasteiger partial charge in [-0.15, -0.1) is 5.11 Å². The predicted octanol–water partition coefficient (Wildman–Crippen LogP) is 4.54. The summed E-state index contributed by atoms with van der Waals surface area (Å²) >= 11 is 0. The highest BCUT2D eigenvalue weighted by atomic mass is 32.2. The molecule has 0 saturated carbocycles. The number of aliphatic carboxylic acids is 1. The zero-order valence-corrected chi connectivity index (χ0v) is 20.0. The van der Waals surface area contributed by atoms with E-state index in [0.717, 1.165) is 0 Å². The van der Waals surface area contributed by atoms with Crippen molar-refractivity contribution < 1.29 is 32.9 Å². The van der Waals surface area contributed by atoms with Crippen LogP contribution in [0.2, 0.25) is 0 Å². The number of aromatic hydroxyl groups is 1. The molecule has 0 bridgehead atoms. The third-order valence-corrected chi connectivity index (χ3v) is 6.67. The zero-order valence-electron chi connectivity index (χ0n) is 19.2. The summed E-state index contributed by atoms with van der Waals surface area (Å²) in [5.41, 5.74) is 0.694. The van der Waals surface area contributed by atoms with Crippen molar-refractivity contribution in [3.8, 4) is 5.75 Å². The van der Waals surface area contributed by atoms with E-state index in [1.54, 1.807) is 0 Å². The molecular weight excluding hydrogens is 480 g/mol. The number of phenolic OH excluding ortho intramolecular Hbond substituents is 1. The topological polar surface area (TPSA) is 183 Å². The number of fused-ring (bicyclic) bond motifs is 1. The van der Waals surface area contributed by atoms with Gasteiger partial charge in [0.2, 0.25) is 0 Å². The normalized spacial score (nSPS) is 17.3. The van der Waals surface area contributed by atoms with Gasteiger partial charge in [-0.2, -0.15) is 13.5 Å². The van der Waals surface area contributed by atoms with Crippen LogP contribution in [0.5, 0.6) is 5.75 Å². The number of nitro groups is 1. The summed E-state index contributed by atoms with van der Waals surface area (Å²) in [6.07, 6.45) is 0.629. The quantitative estimate of drug-likeness (QED) is 0.190. The number of carbonyl (C=O) groups is 1. The molecule has 0 aliphatic carbocycles. The van der Waals surface area contributed by atoms with E-state index in [1.807, 2.05) is 18.7 Å². The van der Waals surface area contributed by atoms with Crippen molar-refractivity contribution in [3.05, 3.63) is 52.1 Å². The lowest BCUT2D eigenvalue weighted by Crippen LogP contribution is -2.50. The van der Waals surface area contributed by atoms with Crippen molar-refractivity contribution in [2.45, 2.75) is 44.6 Å². The van der Waals surface area contributed by atoms with E-state index in [1.165, 1.54) is 36.4 Å². The molecule has 0 radical (unpaired) electrons. The van der Waals surface area contributed by atoms with Crippen molar-refractivity contribution >= 4 is 38.8 Å². The Morgan fingerprint density at radius 1 is 1.23 bits per heavy atom. The lowest BCUT2D eigenvalue weighted by molar-refractivity contribution is -0.384. The van der Waals surface area contributed by atoms with Crippen LogP contribution in [0.25, 0.3) is 0 Å². The van der Waals surface area contributed by atoms with Crippen LogP contribution in [0.1, 0.15) is 44.6 Å². The maximum absolute atomic E-state index is 11.7. The largest absolute Gasteiger partial charge is 0.506 e. The summed E-state index contributed by atoms with van der Waals surface area (Å²) < 4.78 is 33.0. The van der Waals surface area contributed by atoms with Gasteiger partial charge in [0.05, 0.1) is 16.4 Å². The SMILES string of the molecule is CC1(C)CC(CS(=O)(=O)O)c2cc(/N=N/c3ccc([N+](=O)[O-])cc3)c(O)cc2N1CCCC(=O)O. The van der Waals surface area contributed by atoms with E-state index in [4.69, 9.17) is 5.11 Å². The molecule has 1 heterocycles. The second kappa shape index (κ2) is 9.96. The van der Waals surface area contributed by atoms with Crippen molar-refractivity contribution in [2.24, 2.45) is 10.2 Å². The Kier molecular flexibility index (Phi) is 7.41. The summed E-state index contributed by atoms with van der Waals surface area (Å²) in [6, 6.07) is 8.24. The van der Waals surface area contributed by atoms with Gasteiger partial charge in [0, 0.05) is 48.3 Å². The first-order valence-corrected chi connectivity index (χ1v) is 12.4. The molecule has 0 fully saturated rings. The number of hydrogen-bond donors (Lipinski definition) is 3. The maximum atomic E-state index is 11.7. The number of carboxylic acid groups (broad SMARTS) is 1. The molecule has 2 aromatic carbocycles. The molecule has 0 saturated heterocycles. The number of nitro benzene ring substituents is 1. The minimum Gasteiger partial charge on any atom is -0.506 e. The van der Waals surface area contributed by atoms with Crippen LogP contribution in [0.15, 0.2) is 46.6 Å². The van der Waals surface area contributed by atoms with Gasteiger partial charge < -0.3 is 15.1 Å². The molecule has 1 aliphatic rings. The fourth-order valence-electron chi connectivity index (χ4n) is 4.34. The molecule has 12 nitrogen and oxygen atoms in total. The maximum Gasteiger partial charge on any atom is 0.303 e. The summed E-state index contributed by atoms with van der Waals surface area (Å²) in [7, 11) is -4.32. The fraction of sp³-hybridized carbons (Fsp3) is 0.409. The monoisotopic (exact) mass is 506 g/mol. The van der Waals surface area contributed by atoms with Crippen LogP contribution < -0.4 is 4.90 Å². The molecule has 188 valence electrons. The summed E-state index contributed by atoms with van der Waals surface area (Å²) in [4.78, 5) is 23.2. The van der Waals surface area contributed by atoms with E-state index in [-0.39, 0.29) is 23.5 Å². The van der Waals surface area contributed by atoms with Gasteiger partial charge >= 0.3 is 5.97 Å². The van der Waals surface area contributed by atoms with Crippen molar-refractivity contribution in [1.82, 2.24) is 0 Å². The molecule has 2 aromatic rings. The third-order valence-electron chi connectivity index (χ3n) is 5.85. The highest BCUT2D eigenvalue weighted by molar-refractivity contribution is 7.85. The van der Waals surface area contributed by atoms with Gasteiger partial charge in [-0.3, -0.25) is 19.5 Å². The Balaban J connectivity index is 2.01. The van der Waals surface area contributed by atoms with E-state index >= 15 is 0 Å². The summed E-state index contributed by atoms with van der Waals surface area (Å²) in [5, 5.41) is 38.5. The molecule has 0 aromatic heterocycles. The highest BCUT2D eigenvalue weighted by Crippen LogP contribution is 2.48. The van der Waals surface area contributed by atoms with Crippen molar-refractivity contribution in [2.75, 3.05) is 17.2 Å². The second-order valence-electron chi connectivity index (χ2n) is 8.98. The van der Waals surface area contributed by atoms with Crippen molar-refractivity contribution in [3.63, 3.8) is 0 Å². The molecule has 35 heavy (non-hydrogen) atoms. The van der Waals surface area contributed by atoms with Gasteiger partial charge in [0.15, 0.2) is 0 Å². The van der Waals surface area contributed by atoms with Crippen LogP contribution in [0, 0.1) is 10.1 Å². The highest BCUT2D eigenvalue weighted by Gasteiger charge is 2.40. The molecular formula is C22H26N4O8S. The first-order valence-electron chi connectivity index (χ1n) is 10.7. The average Bonchev–Trinajstić information content (AvgIpc) is 2.73. The molecule has 1 unspecified atom stereocenters. The van der Waals surface area contributed by atoms with Crippen LogP contribution >= 0.6 is 0 Å². The number of anilines is 1. The number of hydrogen-bond acceptors (Lipinski definition) is 9. The first-order chi connectivity index (χ1) is 16.3. The van der Waals surface area contributed by atoms with Gasteiger partial charge in [0.25, 0.3) is 15.8 Å². The fourth-order valence-corrected chi connectivity index (χ4v) is 5.14. The van der Waals surface area contributed by atoms with E-state index in [9.17, 15) is 33.0 Å². The standard InChI is InChI=1S/C22H26N4O8S/c1-22(2)12-14(13-35(32,33)34)17-10-18(24-23-15-5-7-16(8-6-15)26(30)31)20(27)11-19(17)25(22)9-3-4-21(28)29/h5-8,10-11,14,27H,3-4,9,12-13H2,1-2H3,(H,28,29)(H,32,33,34)/b24-23+. The number of non-ortho nitro benzene ring substituents is 1. The molecule has 0 spiro atoms. The summed E-state index contributed by atoms with van der Waals surface area (Å²) in [6.45, 7) is 4.12. The second-order valence-corrected chi connectivity index (χ2v) is 10.5. The lowest BCUT2D eigenvalue weighted by atomic mass is 9.79. The minimum absolute atomic E-state index is 0.0487. The number of azo groups is 1. The zero-order chi connectivity index (χ0) is 26.0. The lowest BCUT2D eigenvalue weighted by Gasteiger charge is -2.48. The first kappa shape index (κ1) is 26.0.